The lowest BCUT2D eigenvalue weighted by molar-refractivity contribution is 0.633. The molecule has 0 spiro atoms. The van der Waals surface area contributed by atoms with E-state index in [-0.39, 0.29) is 5.92 Å². The van der Waals surface area contributed by atoms with Crippen molar-refractivity contribution >= 4 is 23.0 Å². The lowest BCUT2D eigenvalue weighted by atomic mass is 9.82. The van der Waals surface area contributed by atoms with Crippen molar-refractivity contribution in [2.45, 2.75) is 19.3 Å². The number of allylic oxidation sites excluding steroid dienone is 2. The Kier molecular flexibility index (Phi) is 4.73. The van der Waals surface area contributed by atoms with Gasteiger partial charge >= 0.3 is 0 Å². The normalized spacial score (nSPS) is 17.9. The Balaban J connectivity index is 1.92. The Morgan fingerprint density at radius 2 is 1.43 bits per heavy atom. The molecular formula is C20H19ClN2. The first-order valence-corrected chi connectivity index (χ1v) is 8.23. The first kappa shape index (κ1) is 15.7. The fourth-order valence-corrected chi connectivity index (χ4v) is 3.46. The van der Waals surface area contributed by atoms with Gasteiger partial charge in [0.25, 0.3) is 0 Å². The van der Waals surface area contributed by atoms with Gasteiger partial charge in [-0.1, -0.05) is 72.3 Å². The van der Waals surface area contributed by atoms with Gasteiger partial charge in [-0.25, -0.2) is 0 Å². The van der Waals surface area contributed by atoms with Gasteiger partial charge in [-0.3, -0.25) is 5.41 Å². The van der Waals surface area contributed by atoms with Gasteiger partial charge in [0.1, 0.15) is 0 Å². The van der Waals surface area contributed by atoms with Crippen molar-refractivity contribution in [1.82, 2.24) is 0 Å². The topological polar surface area (TPSA) is 47.7 Å². The van der Waals surface area contributed by atoms with E-state index in [9.17, 15) is 0 Å². The highest BCUT2D eigenvalue weighted by molar-refractivity contribution is 6.35. The molecule has 1 aliphatic rings. The Bertz CT molecular complexity index is 748. The highest BCUT2D eigenvalue weighted by Gasteiger charge is 2.28. The van der Waals surface area contributed by atoms with Crippen LogP contribution in [-0.2, 0) is 0 Å². The summed E-state index contributed by atoms with van der Waals surface area (Å²) in [4.78, 5) is 0. The molecule has 0 radical (unpaired) electrons. The highest BCUT2D eigenvalue weighted by atomic mass is 35.5. The van der Waals surface area contributed by atoms with Crippen LogP contribution in [-0.4, -0.2) is 11.4 Å². The van der Waals surface area contributed by atoms with Crippen LogP contribution in [0.3, 0.4) is 0 Å². The van der Waals surface area contributed by atoms with E-state index < -0.39 is 0 Å². The average Bonchev–Trinajstić information content (AvgIpc) is 2.62. The summed E-state index contributed by atoms with van der Waals surface area (Å²) in [7, 11) is 0. The van der Waals surface area contributed by atoms with Crippen LogP contribution < -0.4 is 0 Å². The molecule has 2 aromatic rings. The number of rotatable bonds is 4. The molecule has 0 aromatic heterocycles. The molecule has 0 aliphatic heterocycles. The standard InChI is InChI=1S/C20H19ClN2/c21-18-16(19(22)14-8-3-1-4-9-14)12-7-13-17(18)20(23)15-10-5-2-6-11-15/h1-6,8-11,16,22-23H,7,12-13H2. The fraction of sp³-hybridized carbons (Fsp3) is 0.200. The summed E-state index contributed by atoms with van der Waals surface area (Å²) < 4.78 is 0. The van der Waals surface area contributed by atoms with Gasteiger partial charge in [-0.2, -0.15) is 0 Å². The summed E-state index contributed by atoms with van der Waals surface area (Å²) in [5.41, 5.74) is 3.71. The van der Waals surface area contributed by atoms with Gasteiger partial charge < -0.3 is 5.41 Å². The van der Waals surface area contributed by atoms with Crippen LogP contribution >= 0.6 is 11.6 Å². The quantitative estimate of drug-likeness (QED) is 0.706. The zero-order valence-corrected chi connectivity index (χ0v) is 13.6. The monoisotopic (exact) mass is 322 g/mol. The summed E-state index contributed by atoms with van der Waals surface area (Å²) in [6.45, 7) is 0. The predicted octanol–water partition coefficient (Wildman–Crippen LogP) is 5.42. The Labute approximate surface area is 141 Å². The van der Waals surface area contributed by atoms with E-state index >= 15 is 0 Å². The lowest BCUT2D eigenvalue weighted by Crippen LogP contribution is -2.22. The molecule has 116 valence electrons. The summed E-state index contributed by atoms with van der Waals surface area (Å²) in [6.07, 6.45) is 2.64. The molecule has 2 aromatic carbocycles. The molecule has 2 N–H and O–H groups in total. The molecule has 0 saturated carbocycles. The second-order valence-corrected chi connectivity index (χ2v) is 6.20. The Morgan fingerprint density at radius 1 is 0.870 bits per heavy atom. The Morgan fingerprint density at radius 3 is 2.04 bits per heavy atom. The van der Waals surface area contributed by atoms with E-state index in [0.717, 1.165) is 36.0 Å². The van der Waals surface area contributed by atoms with Gasteiger partial charge in [0.05, 0.1) is 5.71 Å². The SMILES string of the molecule is N=C(C1=C(Cl)C(C(=N)c2ccccc2)CCC1)c1ccccc1. The molecule has 0 amide bonds. The molecule has 1 aliphatic carbocycles. The zero-order valence-electron chi connectivity index (χ0n) is 12.9. The van der Waals surface area contributed by atoms with Crippen molar-refractivity contribution in [1.29, 1.82) is 10.8 Å². The number of hydrogen-bond donors (Lipinski definition) is 2. The minimum absolute atomic E-state index is 0.105. The van der Waals surface area contributed by atoms with Crippen molar-refractivity contribution < 1.29 is 0 Å². The third-order valence-electron chi connectivity index (χ3n) is 4.31. The van der Waals surface area contributed by atoms with E-state index in [0.29, 0.717) is 16.5 Å². The third-order valence-corrected chi connectivity index (χ3v) is 4.80. The summed E-state index contributed by atoms with van der Waals surface area (Å²) in [5, 5.41) is 17.6. The molecule has 0 heterocycles. The second-order valence-electron chi connectivity index (χ2n) is 5.79. The van der Waals surface area contributed by atoms with Crippen molar-refractivity contribution in [2.75, 3.05) is 0 Å². The lowest BCUT2D eigenvalue weighted by Gasteiger charge is -2.26. The Hall–Kier alpha value is -2.19. The van der Waals surface area contributed by atoms with Crippen LogP contribution in [0.4, 0.5) is 0 Å². The number of halogens is 1. The molecule has 3 rings (SSSR count). The number of nitrogens with one attached hydrogen (secondary N) is 2. The van der Waals surface area contributed by atoms with E-state index in [1.165, 1.54) is 0 Å². The first-order valence-electron chi connectivity index (χ1n) is 7.85. The van der Waals surface area contributed by atoms with Gasteiger partial charge in [-0.05, 0) is 36.0 Å². The smallest absolute Gasteiger partial charge is 0.0655 e. The minimum atomic E-state index is -0.105. The van der Waals surface area contributed by atoms with Crippen LogP contribution in [0.1, 0.15) is 30.4 Å². The maximum Gasteiger partial charge on any atom is 0.0655 e. The third kappa shape index (κ3) is 3.27. The summed E-state index contributed by atoms with van der Waals surface area (Å²) in [5.74, 6) is -0.105. The minimum Gasteiger partial charge on any atom is -0.304 e. The van der Waals surface area contributed by atoms with Crippen LogP contribution in [0.15, 0.2) is 71.3 Å². The van der Waals surface area contributed by atoms with Crippen molar-refractivity contribution in [2.24, 2.45) is 5.92 Å². The van der Waals surface area contributed by atoms with Crippen molar-refractivity contribution in [3.63, 3.8) is 0 Å². The molecule has 0 saturated heterocycles. The van der Waals surface area contributed by atoms with E-state index in [1.54, 1.807) is 0 Å². The van der Waals surface area contributed by atoms with Gasteiger partial charge in [-0.15, -0.1) is 0 Å². The number of hydrogen-bond acceptors (Lipinski definition) is 2. The molecule has 1 unspecified atom stereocenters. The zero-order chi connectivity index (χ0) is 16.2. The van der Waals surface area contributed by atoms with Crippen molar-refractivity contribution in [3.05, 3.63) is 82.4 Å². The van der Waals surface area contributed by atoms with Crippen LogP contribution in [0.25, 0.3) is 0 Å². The molecule has 0 bridgehead atoms. The molecule has 0 fully saturated rings. The molecule has 2 nitrogen and oxygen atoms in total. The van der Waals surface area contributed by atoms with E-state index in [2.05, 4.69) is 0 Å². The van der Waals surface area contributed by atoms with E-state index in [1.807, 2.05) is 60.7 Å². The predicted molar refractivity (Wildman–Crippen MR) is 96.8 cm³/mol. The number of benzene rings is 2. The van der Waals surface area contributed by atoms with E-state index in [4.69, 9.17) is 22.4 Å². The molecule has 23 heavy (non-hydrogen) atoms. The highest BCUT2D eigenvalue weighted by Crippen LogP contribution is 2.36. The van der Waals surface area contributed by atoms with Crippen molar-refractivity contribution in [3.8, 4) is 0 Å². The van der Waals surface area contributed by atoms with Crippen LogP contribution in [0.2, 0.25) is 0 Å². The van der Waals surface area contributed by atoms with Gasteiger partial charge in [0, 0.05) is 16.7 Å². The first-order chi connectivity index (χ1) is 11.2. The largest absolute Gasteiger partial charge is 0.304 e. The fourth-order valence-electron chi connectivity index (χ4n) is 3.05. The average molecular weight is 323 g/mol. The summed E-state index contributed by atoms with van der Waals surface area (Å²) >= 11 is 6.64. The van der Waals surface area contributed by atoms with Gasteiger partial charge in [0.2, 0.25) is 0 Å². The summed E-state index contributed by atoms with van der Waals surface area (Å²) in [6, 6.07) is 19.4. The molecular weight excluding hydrogens is 304 g/mol. The van der Waals surface area contributed by atoms with Crippen LogP contribution in [0, 0.1) is 16.7 Å². The van der Waals surface area contributed by atoms with Crippen LogP contribution in [0.5, 0.6) is 0 Å². The maximum absolute atomic E-state index is 8.50. The van der Waals surface area contributed by atoms with Gasteiger partial charge in [0.15, 0.2) is 0 Å². The molecule has 3 heteroatoms. The molecule has 1 atom stereocenters. The second kappa shape index (κ2) is 6.93. The maximum atomic E-state index is 8.50.